The van der Waals surface area contributed by atoms with Crippen LogP contribution in [0, 0.1) is 0 Å². The van der Waals surface area contributed by atoms with Crippen LogP contribution in [0.2, 0.25) is 0 Å². The number of nitrogens with zero attached hydrogens (tertiary/aromatic N) is 1. The smallest absolute Gasteiger partial charge is 0.264 e. The number of hydrogen-bond donors (Lipinski definition) is 1. The summed E-state index contributed by atoms with van der Waals surface area (Å²) < 4.78 is 49.4. The summed E-state index contributed by atoms with van der Waals surface area (Å²) in [7, 11) is 0.379. The highest BCUT2D eigenvalue weighted by Gasteiger charge is 2.29. The topological polar surface area (TPSA) is 103 Å². The summed E-state index contributed by atoms with van der Waals surface area (Å²) in [6.07, 6.45) is 0. The highest BCUT2D eigenvalue weighted by Crippen LogP contribution is 2.35. The lowest BCUT2D eigenvalue weighted by atomic mass is 10.2. The van der Waals surface area contributed by atoms with Crippen LogP contribution in [0.4, 0.5) is 5.69 Å². The minimum atomic E-state index is -4.09. The van der Waals surface area contributed by atoms with Gasteiger partial charge in [-0.2, -0.15) is 0 Å². The van der Waals surface area contributed by atoms with Crippen molar-refractivity contribution in [3.05, 3.63) is 72.8 Å². The molecule has 3 aromatic carbocycles. The fraction of sp³-hybridized carbons (Fsp3) is 0.240. The van der Waals surface area contributed by atoms with Gasteiger partial charge in [0.05, 0.1) is 38.5 Å². The van der Waals surface area contributed by atoms with Crippen molar-refractivity contribution in [3.63, 3.8) is 0 Å². The van der Waals surface area contributed by atoms with Crippen LogP contribution in [-0.4, -0.2) is 55.4 Å². The van der Waals surface area contributed by atoms with Gasteiger partial charge in [-0.15, -0.1) is 0 Å². The van der Waals surface area contributed by atoms with E-state index < -0.39 is 22.5 Å². The van der Waals surface area contributed by atoms with E-state index in [0.29, 0.717) is 17.2 Å². The second-order valence-electron chi connectivity index (χ2n) is 7.24. The zero-order chi connectivity index (χ0) is 25.3. The van der Waals surface area contributed by atoms with Crippen LogP contribution in [-0.2, 0) is 14.8 Å². The van der Waals surface area contributed by atoms with Gasteiger partial charge in [0.2, 0.25) is 5.91 Å². The van der Waals surface area contributed by atoms with Crippen LogP contribution in [0.5, 0.6) is 23.0 Å². The molecule has 1 N–H and O–H groups in total. The van der Waals surface area contributed by atoms with E-state index >= 15 is 0 Å². The minimum Gasteiger partial charge on any atom is -0.497 e. The van der Waals surface area contributed by atoms with E-state index in [0.717, 1.165) is 4.31 Å². The lowest BCUT2D eigenvalue weighted by Gasteiger charge is -2.26. The molecule has 0 heterocycles. The molecule has 0 saturated carbocycles. The number of rotatable bonds is 12. The van der Waals surface area contributed by atoms with Crippen molar-refractivity contribution < 1.29 is 32.2 Å². The number of hydrogen-bond acceptors (Lipinski definition) is 7. The van der Waals surface area contributed by atoms with Gasteiger partial charge in [-0.05, 0) is 48.5 Å². The first-order valence-electron chi connectivity index (χ1n) is 10.7. The highest BCUT2D eigenvalue weighted by molar-refractivity contribution is 7.92. The SMILES string of the molecule is COc1ccc(OCCNC(=O)CN(c2cc(OC)ccc2OC)S(=O)(=O)c2ccccc2)cc1. The second kappa shape index (κ2) is 12.0. The standard InChI is InChI=1S/C25H28N2O7S/c1-31-19-9-11-20(12-10-19)34-16-15-26-25(28)18-27(35(29,30)22-7-5-4-6-8-22)23-17-21(32-2)13-14-24(23)33-3/h4-14,17H,15-16,18H2,1-3H3,(H,26,28). The van der Waals surface area contributed by atoms with Crippen LogP contribution < -0.4 is 28.6 Å². The molecule has 3 aromatic rings. The maximum absolute atomic E-state index is 13.5. The van der Waals surface area contributed by atoms with Gasteiger partial charge in [0, 0.05) is 6.07 Å². The van der Waals surface area contributed by atoms with Crippen LogP contribution in [0.15, 0.2) is 77.7 Å². The normalized spacial score (nSPS) is 10.8. The first-order chi connectivity index (χ1) is 16.9. The number of carbonyl (C=O) groups excluding carboxylic acids is 1. The van der Waals surface area contributed by atoms with Crippen LogP contribution in [0.25, 0.3) is 0 Å². The summed E-state index contributed by atoms with van der Waals surface area (Å²) in [6.45, 7) is -0.0887. The fourth-order valence-electron chi connectivity index (χ4n) is 3.23. The molecule has 0 atom stereocenters. The lowest BCUT2D eigenvalue weighted by Crippen LogP contribution is -2.42. The molecule has 3 rings (SSSR count). The minimum absolute atomic E-state index is 0.0421. The summed E-state index contributed by atoms with van der Waals surface area (Å²) in [6, 6.07) is 19.7. The zero-order valence-electron chi connectivity index (χ0n) is 19.8. The summed E-state index contributed by atoms with van der Waals surface area (Å²) in [5.74, 6) is 1.52. The third-order valence-corrected chi connectivity index (χ3v) is 6.80. The maximum atomic E-state index is 13.5. The monoisotopic (exact) mass is 500 g/mol. The number of anilines is 1. The van der Waals surface area contributed by atoms with Gasteiger partial charge in [0.15, 0.2) is 0 Å². The second-order valence-corrected chi connectivity index (χ2v) is 9.10. The van der Waals surface area contributed by atoms with Crippen LogP contribution >= 0.6 is 0 Å². The Morgan fingerprint density at radius 2 is 1.46 bits per heavy atom. The van der Waals surface area contributed by atoms with E-state index in [1.807, 2.05) is 0 Å². The Morgan fingerprint density at radius 3 is 2.09 bits per heavy atom. The predicted molar refractivity (Wildman–Crippen MR) is 132 cm³/mol. The molecular weight excluding hydrogens is 472 g/mol. The molecule has 0 saturated heterocycles. The Morgan fingerprint density at radius 1 is 0.829 bits per heavy atom. The fourth-order valence-corrected chi connectivity index (χ4v) is 4.67. The number of benzene rings is 3. The largest absolute Gasteiger partial charge is 0.497 e. The Hall–Kier alpha value is -3.92. The number of amides is 1. The Bertz CT molecular complexity index is 1220. The predicted octanol–water partition coefficient (Wildman–Crippen LogP) is 3.10. The first kappa shape index (κ1) is 25.7. The number of ether oxygens (including phenoxy) is 4. The van der Waals surface area contributed by atoms with Crippen molar-refractivity contribution in [2.75, 3.05) is 45.3 Å². The molecule has 0 aromatic heterocycles. The molecule has 1 amide bonds. The molecule has 186 valence electrons. The number of carbonyl (C=O) groups is 1. The summed E-state index contributed by atoms with van der Waals surface area (Å²) in [5, 5.41) is 2.70. The van der Waals surface area contributed by atoms with Crippen LogP contribution in [0.1, 0.15) is 0 Å². The third kappa shape index (κ3) is 6.57. The number of nitrogens with one attached hydrogen (secondary N) is 1. The molecular formula is C25H28N2O7S. The molecule has 0 unspecified atom stereocenters. The van der Waals surface area contributed by atoms with Crippen molar-refractivity contribution in [3.8, 4) is 23.0 Å². The summed E-state index contributed by atoms with van der Waals surface area (Å²) >= 11 is 0. The summed E-state index contributed by atoms with van der Waals surface area (Å²) in [4.78, 5) is 12.8. The van der Waals surface area contributed by atoms with Gasteiger partial charge in [0.1, 0.15) is 36.1 Å². The molecule has 0 aliphatic heterocycles. The molecule has 0 spiro atoms. The average Bonchev–Trinajstić information content (AvgIpc) is 2.90. The molecule has 0 aliphatic carbocycles. The Balaban J connectivity index is 1.76. The van der Waals surface area contributed by atoms with E-state index in [1.54, 1.807) is 61.7 Å². The van der Waals surface area contributed by atoms with E-state index in [2.05, 4.69) is 5.32 Å². The van der Waals surface area contributed by atoms with Gasteiger partial charge in [-0.1, -0.05) is 18.2 Å². The van der Waals surface area contributed by atoms with Crippen molar-refractivity contribution in [2.24, 2.45) is 0 Å². The highest BCUT2D eigenvalue weighted by atomic mass is 32.2. The van der Waals surface area contributed by atoms with E-state index in [-0.39, 0.29) is 29.5 Å². The van der Waals surface area contributed by atoms with Gasteiger partial charge >= 0.3 is 0 Å². The Kier molecular flexibility index (Phi) is 8.80. The van der Waals surface area contributed by atoms with Crippen molar-refractivity contribution >= 4 is 21.6 Å². The van der Waals surface area contributed by atoms with Crippen LogP contribution in [0.3, 0.4) is 0 Å². The molecule has 0 radical (unpaired) electrons. The van der Waals surface area contributed by atoms with Crippen molar-refractivity contribution in [2.45, 2.75) is 4.90 Å². The lowest BCUT2D eigenvalue weighted by molar-refractivity contribution is -0.119. The number of methoxy groups -OCH3 is 3. The summed E-state index contributed by atoms with van der Waals surface area (Å²) in [5.41, 5.74) is 0.181. The van der Waals surface area contributed by atoms with Gasteiger partial charge in [-0.3, -0.25) is 9.10 Å². The van der Waals surface area contributed by atoms with Crippen molar-refractivity contribution in [1.82, 2.24) is 5.32 Å². The average molecular weight is 501 g/mol. The quantitative estimate of drug-likeness (QED) is 0.381. The van der Waals surface area contributed by atoms with E-state index in [9.17, 15) is 13.2 Å². The number of sulfonamides is 1. The van der Waals surface area contributed by atoms with Gasteiger partial charge < -0.3 is 24.3 Å². The first-order valence-corrected chi connectivity index (χ1v) is 12.2. The molecule has 10 heteroatoms. The van der Waals surface area contributed by atoms with E-state index in [4.69, 9.17) is 18.9 Å². The maximum Gasteiger partial charge on any atom is 0.264 e. The van der Waals surface area contributed by atoms with Gasteiger partial charge in [-0.25, -0.2) is 8.42 Å². The molecule has 0 aliphatic rings. The van der Waals surface area contributed by atoms with Gasteiger partial charge in [0.25, 0.3) is 10.0 Å². The van der Waals surface area contributed by atoms with Crippen molar-refractivity contribution in [1.29, 1.82) is 0 Å². The Labute approximate surface area is 205 Å². The molecule has 9 nitrogen and oxygen atoms in total. The molecule has 0 bridgehead atoms. The molecule has 35 heavy (non-hydrogen) atoms. The third-order valence-electron chi connectivity index (χ3n) is 5.03. The zero-order valence-corrected chi connectivity index (χ0v) is 20.6. The molecule has 0 fully saturated rings. The van der Waals surface area contributed by atoms with E-state index in [1.165, 1.54) is 32.4 Å².